The quantitative estimate of drug-likeness (QED) is 0.683. The molecule has 86 valence electrons. The average Bonchev–Trinajstić information content (AvgIpc) is 2.62. The molecule has 1 atom stereocenters. The second-order valence-corrected chi connectivity index (χ2v) is 5.12. The normalized spacial score (nSPS) is 33.9. The van der Waals surface area contributed by atoms with Gasteiger partial charge >= 0.3 is 0 Å². The molecular formula is C11H20N2O2. The van der Waals surface area contributed by atoms with Crippen molar-refractivity contribution in [2.45, 2.75) is 44.2 Å². The molecule has 2 saturated heterocycles. The first-order valence-corrected chi connectivity index (χ1v) is 5.76. The van der Waals surface area contributed by atoms with Gasteiger partial charge in [0.2, 0.25) is 5.91 Å². The summed E-state index contributed by atoms with van der Waals surface area (Å²) in [7, 11) is 0. The zero-order valence-electron chi connectivity index (χ0n) is 9.55. The Balaban J connectivity index is 2.01. The topological polar surface area (TPSA) is 52.6 Å². The van der Waals surface area contributed by atoms with Gasteiger partial charge in [-0.2, -0.15) is 0 Å². The van der Waals surface area contributed by atoms with Crippen LogP contribution in [0.5, 0.6) is 0 Å². The molecule has 4 nitrogen and oxygen atoms in total. The Hall–Kier alpha value is -0.610. The Morgan fingerprint density at radius 2 is 2.20 bits per heavy atom. The Bertz CT molecular complexity index is 262. The SMILES string of the molecule is CCC1(C(=O)N2CC(C)(O)C2)CCCN1. The van der Waals surface area contributed by atoms with Crippen molar-refractivity contribution in [2.24, 2.45) is 0 Å². The molecule has 2 rings (SSSR count). The van der Waals surface area contributed by atoms with Crippen molar-refractivity contribution in [3.8, 4) is 0 Å². The first-order chi connectivity index (χ1) is 6.99. The molecule has 0 aromatic rings. The van der Waals surface area contributed by atoms with Crippen LogP contribution in [0.4, 0.5) is 0 Å². The number of hydrogen-bond acceptors (Lipinski definition) is 3. The van der Waals surface area contributed by atoms with Crippen LogP contribution >= 0.6 is 0 Å². The summed E-state index contributed by atoms with van der Waals surface area (Å²) in [5.41, 5.74) is -1.00. The molecule has 1 amide bonds. The summed E-state index contributed by atoms with van der Waals surface area (Å²) in [6, 6.07) is 0. The molecule has 2 aliphatic heterocycles. The van der Waals surface area contributed by atoms with Crippen molar-refractivity contribution in [3.63, 3.8) is 0 Å². The molecule has 15 heavy (non-hydrogen) atoms. The summed E-state index contributed by atoms with van der Waals surface area (Å²) in [4.78, 5) is 14.0. The molecular weight excluding hydrogens is 192 g/mol. The molecule has 2 heterocycles. The molecule has 2 N–H and O–H groups in total. The van der Waals surface area contributed by atoms with Gasteiger partial charge in [-0.1, -0.05) is 6.92 Å². The van der Waals surface area contributed by atoms with Gasteiger partial charge in [0.05, 0.1) is 24.2 Å². The van der Waals surface area contributed by atoms with Gasteiger partial charge in [0.15, 0.2) is 0 Å². The van der Waals surface area contributed by atoms with Crippen LogP contribution in [0.2, 0.25) is 0 Å². The third-order valence-corrected chi connectivity index (χ3v) is 3.61. The molecule has 2 aliphatic rings. The van der Waals surface area contributed by atoms with Gasteiger partial charge in [-0.15, -0.1) is 0 Å². The highest BCUT2D eigenvalue weighted by molar-refractivity contribution is 5.87. The molecule has 0 radical (unpaired) electrons. The number of carbonyl (C=O) groups is 1. The van der Waals surface area contributed by atoms with E-state index in [9.17, 15) is 9.90 Å². The zero-order valence-corrected chi connectivity index (χ0v) is 9.55. The Morgan fingerprint density at radius 3 is 2.60 bits per heavy atom. The highest BCUT2D eigenvalue weighted by Crippen LogP contribution is 2.30. The molecule has 0 spiro atoms. The monoisotopic (exact) mass is 212 g/mol. The summed E-state index contributed by atoms with van der Waals surface area (Å²) in [5, 5.41) is 12.9. The summed E-state index contributed by atoms with van der Waals surface area (Å²) in [6.07, 6.45) is 2.84. The van der Waals surface area contributed by atoms with Crippen LogP contribution in [0, 0.1) is 0 Å². The third kappa shape index (κ3) is 1.76. The summed E-state index contributed by atoms with van der Waals surface area (Å²) in [6.45, 7) is 5.72. The zero-order chi connectivity index (χ0) is 11.1. The summed E-state index contributed by atoms with van der Waals surface area (Å²) in [5.74, 6) is 0.175. The molecule has 0 bridgehead atoms. The van der Waals surface area contributed by atoms with E-state index in [1.165, 1.54) is 0 Å². The van der Waals surface area contributed by atoms with Crippen LogP contribution < -0.4 is 5.32 Å². The fourth-order valence-corrected chi connectivity index (χ4v) is 2.66. The largest absolute Gasteiger partial charge is 0.386 e. The number of hydrogen-bond donors (Lipinski definition) is 2. The lowest BCUT2D eigenvalue weighted by Gasteiger charge is -2.47. The van der Waals surface area contributed by atoms with Gasteiger partial charge in [-0.3, -0.25) is 4.79 Å². The molecule has 0 aliphatic carbocycles. The standard InChI is InChI=1S/C11H20N2O2/c1-3-11(5-4-6-12-11)9(14)13-7-10(2,15)8-13/h12,15H,3-8H2,1-2H3. The van der Waals surface area contributed by atoms with Crippen LogP contribution in [-0.4, -0.2) is 46.7 Å². The van der Waals surface area contributed by atoms with Crippen molar-refractivity contribution in [2.75, 3.05) is 19.6 Å². The Morgan fingerprint density at radius 1 is 1.53 bits per heavy atom. The number of nitrogens with zero attached hydrogens (tertiary/aromatic N) is 1. The van der Waals surface area contributed by atoms with E-state index in [4.69, 9.17) is 0 Å². The lowest BCUT2D eigenvalue weighted by molar-refractivity contribution is -0.159. The van der Waals surface area contributed by atoms with Crippen molar-refractivity contribution >= 4 is 5.91 Å². The predicted octanol–water partition coefficient (Wildman–Crippen LogP) is 0.112. The van der Waals surface area contributed by atoms with Crippen LogP contribution in [0.15, 0.2) is 0 Å². The summed E-state index contributed by atoms with van der Waals surface area (Å²) >= 11 is 0. The van der Waals surface area contributed by atoms with E-state index in [1.807, 2.05) is 6.92 Å². The van der Waals surface area contributed by atoms with E-state index in [0.29, 0.717) is 13.1 Å². The predicted molar refractivity (Wildman–Crippen MR) is 57.5 cm³/mol. The number of rotatable bonds is 2. The minimum absolute atomic E-state index is 0.175. The molecule has 1 unspecified atom stereocenters. The summed E-state index contributed by atoms with van der Waals surface area (Å²) < 4.78 is 0. The fourth-order valence-electron chi connectivity index (χ4n) is 2.66. The van der Waals surface area contributed by atoms with Gasteiger partial charge in [0.25, 0.3) is 0 Å². The number of nitrogens with one attached hydrogen (secondary N) is 1. The van der Waals surface area contributed by atoms with Gasteiger partial charge < -0.3 is 15.3 Å². The van der Waals surface area contributed by atoms with E-state index in [-0.39, 0.29) is 11.4 Å². The maximum Gasteiger partial charge on any atom is 0.243 e. The van der Waals surface area contributed by atoms with Crippen LogP contribution in [0.1, 0.15) is 33.1 Å². The number of carbonyl (C=O) groups excluding carboxylic acids is 1. The van der Waals surface area contributed by atoms with Crippen molar-refractivity contribution in [1.82, 2.24) is 10.2 Å². The Kier molecular flexibility index (Phi) is 2.51. The van der Waals surface area contributed by atoms with Gasteiger partial charge in [-0.05, 0) is 32.7 Å². The maximum atomic E-state index is 12.2. The van der Waals surface area contributed by atoms with E-state index in [0.717, 1.165) is 25.8 Å². The average molecular weight is 212 g/mol. The molecule has 0 saturated carbocycles. The van der Waals surface area contributed by atoms with E-state index < -0.39 is 5.60 Å². The fraction of sp³-hybridized carbons (Fsp3) is 0.909. The van der Waals surface area contributed by atoms with Crippen LogP contribution in [0.25, 0.3) is 0 Å². The van der Waals surface area contributed by atoms with Gasteiger partial charge in [-0.25, -0.2) is 0 Å². The Labute approximate surface area is 90.6 Å². The van der Waals surface area contributed by atoms with Crippen molar-refractivity contribution in [1.29, 1.82) is 0 Å². The third-order valence-electron chi connectivity index (χ3n) is 3.61. The second kappa shape index (κ2) is 3.46. The first-order valence-electron chi connectivity index (χ1n) is 5.76. The van der Waals surface area contributed by atoms with Crippen molar-refractivity contribution in [3.05, 3.63) is 0 Å². The lowest BCUT2D eigenvalue weighted by Crippen LogP contribution is -2.67. The van der Waals surface area contributed by atoms with Crippen LogP contribution in [-0.2, 0) is 4.79 Å². The van der Waals surface area contributed by atoms with E-state index >= 15 is 0 Å². The van der Waals surface area contributed by atoms with E-state index in [2.05, 4.69) is 5.32 Å². The van der Waals surface area contributed by atoms with Crippen LogP contribution in [0.3, 0.4) is 0 Å². The minimum Gasteiger partial charge on any atom is -0.386 e. The van der Waals surface area contributed by atoms with Gasteiger partial charge in [0.1, 0.15) is 0 Å². The highest BCUT2D eigenvalue weighted by atomic mass is 16.3. The number of β-amino-alcohol motifs (C(OH)–C–C–N with tert-alkyl or cyclic N) is 1. The molecule has 2 fully saturated rings. The number of aliphatic hydroxyl groups is 1. The van der Waals surface area contributed by atoms with E-state index in [1.54, 1.807) is 11.8 Å². The second-order valence-electron chi connectivity index (χ2n) is 5.12. The number of likely N-dealkylation sites (tertiary alicyclic amines) is 1. The molecule has 0 aromatic carbocycles. The first kappa shape index (κ1) is 10.9. The highest BCUT2D eigenvalue weighted by Gasteiger charge is 2.48. The number of amides is 1. The molecule has 0 aromatic heterocycles. The van der Waals surface area contributed by atoms with Gasteiger partial charge in [0, 0.05) is 0 Å². The lowest BCUT2D eigenvalue weighted by atomic mass is 9.88. The minimum atomic E-state index is -0.663. The van der Waals surface area contributed by atoms with Crippen molar-refractivity contribution < 1.29 is 9.90 Å². The molecule has 4 heteroatoms. The smallest absolute Gasteiger partial charge is 0.243 e. The maximum absolute atomic E-state index is 12.2.